The minimum absolute atomic E-state index is 0.0312. The van der Waals surface area contributed by atoms with Crippen molar-refractivity contribution in [3.8, 4) is 0 Å². The average Bonchev–Trinajstić information content (AvgIpc) is 2.68. The van der Waals surface area contributed by atoms with E-state index in [4.69, 9.17) is 0 Å². The Balaban J connectivity index is 1.52. The first-order valence-corrected chi connectivity index (χ1v) is 10.0. The summed E-state index contributed by atoms with van der Waals surface area (Å²) in [5, 5.41) is 0. The molecule has 2 fully saturated rings. The lowest BCUT2D eigenvalue weighted by Crippen LogP contribution is -2.45. The van der Waals surface area contributed by atoms with Crippen LogP contribution in [0.15, 0.2) is 28.7 Å². The Bertz CT molecular complexity index is 693. The van der Waals surface area contributed by atoms with E-state index in [0.29, 0.717) is 31.5 Å². The fourth-order valence-corrected chi connectivity index (χ4v) is 4.01. The molecule has 2 amide bonds. The molecule has 0 atom stereocenters. The zero-order valence-corrected chi connectivity index (χ0v) is 16.4. The van der Waals surface area contributed by atoms with Crippen molar-refractivity contribution in [3.05, 3.63) is 40.1 Å². The predicted molar refractivity (Wildman–Crippen MR) is 103 cm³/mol. The Labute approximate surface area is 162 Å². The summed E-state index contributed by atoms with van der Waals surface area (Å²) in [6, 6.07) is 4.63. The van der Waals surface area contributed by atoms with Gasteiger partial charge in [0.1, 0.15) is 5.82 Å². The maximum atomic E-state index is 13.7. The van der Waals surface area contributed by atoms with Gasteiger partial charge in [0.15, 0.2) is 0 Å². The van der Waals surface area contributed by atoms with E-state index in [1.165, 1.54) is 24.6 Å². The maximum Gasteiger partial charge on any atom is 0.246 e. The number of benzene rings is 1. The lowest BCUT2D eigenvalue weighted by Gasteiger charge is -2.35. The van der Waals surface area contributed by atoms with Gasteiger partial charge >= 0.3 is 0 Å². The zero-order valence-electron chi connectivity index (χ0n) is 14.8. The van der Waals surface area contributed by atoms with Gasteiger partial charge in [0, 0.05) is 48.2 Å². The Kier molecular flexibility index (Phi) is 6.46. The molecule has 1 aromatic carbocycles. The van der Waals surface area contributed by atoms with Crippen molar-refractivity contribution in [1.82, 2.24) is 9.80 Å². The van der Waals surface area contributed by atoms with E-state index in [2.05, 4.69) is 15.9 Å². The van der Waals surface area contributed by atoms with E-state index in [9.17, 15) is 14.0 Å². The molecular formula is C20H24BrFN2O2. The summed E-state index contributed by atoms with van der Waals surface area (Å²) < 4.78 is 14.5. The van der Waals surface area contributed by atoms with Gasteiger partial charge in [-0.2, -0.15) is 0 Å². The van der Waals surface area contributed by atoms with Crippen LogP contribution in [0.5, 0.6) is 0 Å². The van der Waals surface area contributed by atoms with E-state index in [1.807, 2.05) is 4.90 Å². The van der Waals surface area contributed by atoms with Gasteiger partial charge in [-0.05, 0) is 56.4 Å². The fourth-order valence-electron chi connectivity index (χ4n) is 3.63. The molecule has 26 heavy (non-hydrogen) atoms. The number of nitrogens with zero attached hydrogens (tertiary/aromatic N) is 2. The monoisotopic (exact) mass is 422 g/mol. The highest BCUT2D eigenvalue weighted by molar-refractivity contribution is 9.10. The Hall–Kier alpha value is -1.69. The third kappa shape index (κ3) is 4.72. The van der Waals surface area contributed by atoms with Crippen LogP contribution in [0.1, 0.15) is 37.7 Å². The summed E-state index contributed by atoms with van der Waals surface area (Å²) in [5.74, 6) is -0.205. The van der Waals surface area contributed by atoms with E-state index in [1.54, 1.807) is 17.0 Å². The second-order valence-corrected chi connectivity index (χ2v) is 7.90. The molecule has 3 rings (SSSR count). The van der Waals surface area contributed by atoms with Crippen molar-refractivity contribution in [3.63, 3.8) is 0 Å². The summed E-state index contributed by atoms with van der Waals surface area (Å²) in [4.78, 5) is 28.7. The van der Waals surface area contributed by atoms with Gasteiger partial charge in [0.05, 0.1) is 0 Å². The van der Waals surface area contributed by atoms with Crippen LogP contribution in [0.2, 0.25) is 0 Å². The molecule has 0 saturated carbocycles. The van der Waals surface area contributed by atoms with E-state index < -0.39 is 0 Å². The minimum Gasteiger partial charge on any atom is -0.342 e. The summed E-state index contributed by atoms with van der Waals surface area (Å²) in [6.07, 6.45) is 7.74. The molecule has 0 aliphatic carbocycles. The smallest absolute Gasteiger partial charge is 0.246 e. The van der Waals surface area contributed by atoms with Gasteiger partial charge in [0.25, 0.3) is 0 Å². The third-order valence-corrected chi connectivity index (χ3v) is 5.68. The van der Waals surface area contributed by atoms with Crippen LogP contribution in [0.3, 0.4) is 0 Å². The van der Waals surface area contributed by atoms with Gasteiger partial charge in [-0.15, -0.1) is 0 Å². The van der Waals surface area contributed by atoms with Gasteiger partial charge in [-0.25, -0.2) is 4.39 Å². The topological polar surface area (TPSA) is 40.6 Å². The van der Waals surface area contributed by atoms with Crippen molar-refractivity contribution < 1.29 is 14.0 Å². The largest absolute Gasteiger partial charge is 0.342 e. The number of carbonyl (C=O) groups is 2. The van der Waals surface area contributed by atoms with Crippen LogP contribution in [0, 0.1) is 11.7 Å². The summed E-state index contributed by atoms with van der Waals surface area (Å²) in [5.41, 5.74) is 0.378. The molecule has 140 valence electrons. The molecule has 0 bridgehead atoms. The van der Waals surface area contributed by atoms with Crippen LogP contribution in [0.4, 0.5) is 4.39 Å². The number of hydrogen-bond donors (Lipinski definition) is 0. The van der Waals surface area contributed by atoms with Crippen LogP contribution >= 0.6 is 15.9 Å². The SMILES string of the molecule is O=C(/C=C\c1cc(Br)ccc1F)N1CCC(C(=O)N2CCCCC2)CC1. The van der Waals surface area contributed by atoms with Crippen LogP contribution in [-0.2, 0) is 9.59 Å². The molecule has 2 aliphatic rings. The number of halogens is 2. The molecule has 0 unspecified atom stereocenters. The molecule has 2 heterocycles. The summed E-state index contributed by atoms with van der Waals surface area (Å²) >= 11 is 3.30. The zero-order chi connectivity index (χ0) is 18.5. The lowest BCUT2D eigenvalue weighted by atomic mass is 9.94. The maximum absolute atomic E-state index is 13.7. The van der Waals surface area contributed by atoms with Gasteiger partial charge in [-0.1, -0.05) is 15.9 Å². The number of rotatable bonds is 3. The first-order chi connectivity index (χ1) is 12.5. The van der Waals surface area contributed by atoms with Crippen molar-refractivity contribution in [2.75, 3.05) is 26.2 Å². The standard InChI is InChI=1S/C20H24BrFN2O2/c21-17-5-6-18(22)16(14-17)4-7-19(25)23-12-8-15(9-13-23)20(26)24-10-2-1-3-11-24/h4-7,14-15H,1-3,8-13H2/b7-4-. The normalized spacial score (nSPS) is 19.2. The van der Waals surface area contributed by atoms with Crippen LogP contribution in [-0.4, -0.2) is 47.8 Å². The highest BCUT2D eigenvalue weighted by Crippen LogP contribution is 2.22. The quantitative estimate of drug-likeness (QED) is 0.693. The second-order valence-electron chi connectivity index (χ2n) is 6.98. The first kappa shape index (κ1) is 19.1. The number of piperidine rings is 2. The van der Waals surface area contributed by atoms with Crippen molar-refractivity contribution in [1.29, 1.82) is 0 Å². The van der Waals surface area contributed by atoms with E-state index in [0.717, 1.165) is 30.4 Å². The molecule has 1 aromatic rings. The molecule has 6 heteroatoms. The highest BCUT2D eigenvalue weighted by atomic mass is 79.9. The van der Waals surface area contributed by atoms with Gasteiger partial charge in [0.2, 0.25) is 11.8 Å². The molecular weight excluding hydrogens is 399 g/mol. The van der Waals surface area contributed by atoms with E-state index >= 15 is 0 Å². The van der Waals surface area contributed by atoms with Crippen LogP contribution < -0.4 is 0 Å². The molecule has 2 aliphatic heterocycles. The van der Waals surface area contributed by atoms with Gasteiger partial charge < -0.3 is 9.80 Å². The number of amides is 2. The Morgan fingerprint density at radius 3 is 2.42 bits per heavy atom. The molecule has 0 spiro atoms. The van der Waals surface area contributed by atoms with Crippen molar-refractivity contribution in [2.45, 2.75) is 32.1 Å². The molecule has 4 nitrogen and oxygen atoms in total. The number of hydrogen-bond acceptors (Lipinski definition) is 2. The van der Waals surface area contributed by atoms with Crippen LogP contribution in [0.25, 0.3) is 6.08 Å². The fraction of sp³-hybridized carbons (Fsp3) is 0.500. The Morgan fingerprint density at radius 2 is 1.73 bits per heavy atom. The molecule has 0 radical (unpaired) electrons. The summed E-state index contributed by atoms with van der Waals surface area (Å²) in [6.45, 7) is 2.90. The van der Waals surface area contributed by atoms with E-state index in [-0.39, 0.29) is 23.5 Å². The van der Waals surface area contributed by atoms with Gasteiger partial charge in [-0.3, -0.25) is 9.59 Å². The number of likely N-dealkylation sites (tertiary alicyclic amines) is 2. The minimum atomic E-state index is -0.358. The highest BCUT2D eigenvalue weighted by Gasteiger charge is 2.30. The first-order valence-electron chi connectivity index (χ1n) is 9.25. The number of carbonyl (C=O) groups excluding carboxylic acids is 2. The van der Waals surface area contributed by atoms with Crippen molar-refractivity contribution >= 4 is 33.8 Å². The lowest BCUT2D eigenvalue weighted by molar-refractivity contribution is -0.140. The second kappa shape index (κ2) is 8.80. The molecule has 0 N–H and O–H groups in total. The summed E-state index contributed by atoms with van der Waals surface area (Å²) in [7, 11) is 0. The Morgan fingerprint density at radius 1 is 1.04 bits per heavy atom. The predicted octanol–water partition coefficient (Wildman–Crippen LogP) is 3.85. The average molecular weight is 423 g/mol. The molecule has 0 aromatic heterocycles. The molecule has 2 saturated heterocycles. The van der Waals surface area contributed by atoms with Crippen molar-refractivity contribution in [2.24, 2.45) is 5.92 Å². The third-order valence-electron chi connectivity index (χ3n) is 5.19.